The van der Waals surface area contributed by atoms with E-state index < -0.39 is 17.4 Å². The topological polar surface area (TPSA) is 67.4 Å². The molecule has 0 fully saturated rings. The number of nitrogens with one attached hydrogen (secondary N) is 2. The molecule has 1 aliphatic heterocycles. The third-order valence-electron chi connectivity index (χ3n) is 5.01. The Labute approximate surface area is 160 Å². The van der Waals surface area contributed by atoms with Gasteiger partial charge in [0, 0.05) is 0 Å². The van der Waals surface area contributed by atoms with E-state index >= 15 is 0 Å². The van der Waals surface area contributed by atoms with Gasteiger partial charge < -0.3 is 15.4 Å². The highest BCUT2D eigenvalue weighted by atomic mass is 16.5. The van der Waals surface area contributed by atoms with Crippen molar-refractivity contribution >= 4 is 17.5 Å². The zero-order valence-corrected chi connectivity index (χ0v) is 16.4. The van der Waals surface area contributed by atoms with Crippen molar-refractivity contribution in [3.8, 4) is 5.75 Å². The Bertz CT molecular complexity index is 874. The van der Waals surface area contributed by atoms with E-state index in [1.807, 2.05) is 38.1 Å². The molecule has 0 spiro atoms. The minimum Gasteiger partial charge on any atom is -0.466 e. The fourth-order valence-corrected chi connectivity index (χ4v) is 3.08. The van der Waals surface area contributed by atoms with E-state index in [-0.39, 0.29) is 6.04 Å². The molecule has 1 aliphatic rings. The molecule has 0 aliphatic carbocycles. The molecule has 2 unspecified atom stereocenters. The average molecular weight is 366 g/mol. The van der Waals surface area contributed by atoms with Gasteiger partial charge in [-0.3, -0.25) is 9.59 Å². The Morgan fingerprint density at radius 1 is 1.07 bits per heavy atom. The van der Waals surface area contributed by atoms with Gasteiger partial charge >= 0.3 is 0 Å². The van der Waals surface area contributed by atoms with E-state index in [0.29, 0.717) is 17.4 Å². The normalized spacial score (nSPS) is 19.7. The van der Waals surface area contributed by atoms with Crippen LogP contribution >= 0.6 is 0 Å². The smallest absolute Gasteiger partial charge is 0.278 e. The number of carbonyl (C=O) groups excluding carboxylic acids is 2. The standard InChI is InChI=1S/C22H26N2O3/c1-13(2)16-7-9-17(10-8-16)15(4)23-20(25)22(5)21(26)24-18-12-14(3)6-11-19(18)27-22/h6-13,15H,1-5H3,(H,23,25)(H,24,26). The predicted molar refractivity (Wildman–Crippen MR) is 106 cm³/mol. The SMILES string of the molecule is Cc1ccc2c(c1)NC(=O)C(C)(C(=O)NC(C)c1ccc(C(C)C)cc1)O2. The summed E-state index contributed by atoms with van der Waals surface area (Å²) in [6.45, 7) is 9.59. The van der Waals surface area contributed by atoms with Crippen molar-refractivity contribution in [3.05, 3.63) is 59.2 Å². The Balaban J connectivity index is 1.76. The van der Waals surface area contributed by atoms with Gasteiger partial charge in [-0.25, -0.2) is 0 Å². The first-order valence-electron chi connectivity index (χ1n) is 9.22. The number of carbonyl (C=O) groups is 2. The van der Waals surface area contributed by atoms with E-state index in [4.69, 9.17) is 4.74 Å². The lowest BCUT2D eigenvalue weighted by atomic mass is 9.98. The molecule has 27 heavy (non-hydrogen) atoms. The maximum Gasteiger partial charge on any atom is 0.278 e. The molecule has 3 rings (SSSR count). The van der Waals surface area contributed by atoms with Crippen molar-refractivity contribution in [1.29, 1.82) is 0 Å². The minimum atomic E-state index is -1.62. The molecule has 2 aromatic rings. The van der Waals surface area contributed by atoms with Crippen LogP contribution < -0.4 is 15.4 Å². The highest BCUT2D eigenvalue weighted by molar-refractivity contribution is 6.15. The van der Waals surface area contributed by atoms with Crippen molar-refractivity contribution in [2.24, 2.45) is 0 Å². The lowest BCUT2D eigenvalue weighted by Gasteiger charge is -2.34. The molecule has 1 heterocycles. The Morgan fingerprint density at radius 2 is 1.70 bits per heavy atom. The molecule has 0 radical (unpaired) electrons. The summed E-state index contributed by atoms with van der Waals surface area (Å²) in [5.41, 5.74) is 2.19. The van der Waals surface area contributed by atoms with Gasteiger partial charge in [0.25, 0.3) is 17.4 Å². The number of fused-ring (bicyclic) bond motifs is 1. The summed E-state index contributed by atoms with van der Waals surface area (Å²) in [7, 11) is 0. The van der Waals surface area contributed by atoms with Gasteiger partial charge in [-0.15, -0.1) is 0 Å². The molecule has 2 amide bonds. The van der Waals surface area contributed by atoms with Gasteiger partial charge in [-0.05, 0) is 55.5 Å². The highest BCUT2D eigenvalue weighted by Gasteiger charge is 2.47. The van der Waals surface area contributed by atoms with Crippen LogP contribution in [0.4, 0.5) is 5.69 Å². The molecule has 5 nitrogen and oxygen atoms in total. The fourth-order valence-electron chi connectivity index (χ4n) is 3.08. The first kappa shape index (κ1) is 19.0. The van der Waals surface area contributed by atoms with Crippen LogP contribution in [-0.4, -0.2) is 17.4 Å². The fraction of sp³-hybridized carbons (Fsp3) is 0.364. The zero-order valence-electron chi connectivity index (χ0n) is 16.4. The van der Waals surface area contributed by atoms with Crippen LogP contribution in [0, 0.1) is 6.92 Å². The second-order valence-corrected chi connectivity index (χ2v) is 7.61. The summed E-state index contributed by atoms with van der Waals surface area (Å²) in [4.78, 5) is 25.4. The molecule has 2 atom stereocenters. The Morgan fingerprint density at radius 3 is 2.33 bits per heavy atom. The van der Waals surface area contributed by atoms with Crippen molar-refractivity contribution in [1.82, 2.24) is 5.32 Å². The van der Waals surface area contributed by atoms with Crippen molar-refractivity contribution in [2.75, 3.05) is 5.32 Å². The third-order valence-corrected chi connectivity index (χ3v) is 5.01. The lowest BCUT2D eigenvalue weighted by molar-refractivity contribution is -0.147. The maximum atomic E-state index is 12.9. The summed E-state index contributed by atoms with van der Waals surface area (Å²) in [6.07, 6.45) is 0. The second-order valence-electron chi connectivity index (χ2n) is 7.61. The summed E-state index contributed by atoms with van der Waals surface area (Å²) in [6, 6.07) is 13.4. The summed E-state index contributed by atoms with van der Waals surface area (Å²) in [5.74, 6) is 0.00445. The van der Waals surface area contributed by atoms with Crippen LogP contribution in [-0.2, 0) is 9.59 Å². The highest BCUT2D eigenvalue weighted by Crippen LogP contribution is 2.34. The van der Waals surface area contributed by atoms with Gasteiger partial charge in [0.15, 0.2) is 0 Å². The van der Waals surface area contributed by atoms with Gasteiger partial charge in [0.2, 0.25) is 0 Å². The van der Waals surface area contributed by atoms with E-state index in [1.165, 1.54) is 12.5 Å². The monoisotopic (exact) mass is 366 g/mol. The van der Waals surface area contributed by atoms with Crippen LogP contribution in [0.3, 0.4) is 0 Å². The third kappa shape index (κ3) is 3.68. The largest absolute Gasteiger partial charge is 0.466 e. The van der Waals surface area contributed by atoms with Crippen LogP contribution in [0.25, 0.3) is 0 Å². The van der Waals surface area contributed by atoms with Crippen molar-refractivity contribution in [3.63, 3.8) is 0 Å². The second kappa shape index (κ2) is 7.06. The van der Waals surface area contributed by atoms with Crippen LogP contribution in [0.15, 0.2) is 42.5 Å². The van der Waals surface area contributed by atoms with Gasteiger partial charge in [0.05, 0.1) is 11.7 Å². The number of rotatable bonds is 4. The molecule has 2 aromatic carbocycles. The molecular formula is C22H26N2O3. The van der Waals surface area contributed by atoms with Crippen molar-refractivity contribution in [2.45, 2.75) is 52.2 Å². The maximum absolute atomic E-state index is 12.9. The van der Waals surface area contributed by atoms with E-state index in [1.54, 1.807) is 6.07 Å². The van der Waals surface area contributed by atoms with E-state index in [2.05, 4.69) is 36.6 Å². The average Bonchev–Trinajstić information content (AvgIpc) is 2.63. The first-order chi connectivity index (χ1) is 12.7. The molecule has 5 heteroatoms. The number of amides is 2. The summed E-state index contributed by atoms with van der Waals surface area (Å²) in [5, 5.41) is 5.68. The van der Waals surface area contributed by atoms with Gasteiger partial charge in [0.1, 0.15) is 5.75 Å². The number of hydrogen-bond donors (Lipinski definition) is 2. The lowest BCUT2D eigenvalue weighted by Crippen LogP contribution is -2.59. The molecule has 142 valence electrons. The minimum absolute atomic E-state index is 0.244. The van der Waals surface area contributed by atoms with Crippen LogP contribution in [0.2, 0.25) is 0 Å². The van der Waals surface area contributed by atoms with Crippen LogP contribution in [0.5, 0.6) is 5.75 Å². The first-order valence-corrected chi connectivity index (χ1v) is 9.22. The number of anilines is 1. The van der Waals surface area contributed by atoms with Gasteiger partial charge in [-0.1, -0.05) is 44.2 Å². The molecule has 0 saturated carbocycles. The number of ether oxygens (including phenoxy) is 1. The van der Waals surface area contributed by atoms with E-state index in [0.717, 1.165) is 11.1 Å². The Hall–Kier alpha value is -2.82. The number of benzene rings is 2. The molecule has 0 bridgehead atoms. The molecule has 0 saturated heterocycles. The van der Waals surface area contributed by atoms with Crippen LogP contribution in [0.1, 0.15) is 56.3 Å². The molecule has 0 aromatic heterocycles. The number of hydrogen-bond acceptors (Lipinski definition) is 3. The van der Waals surface area contributed by atoms with Crippen molar-refractivity contribution < 1.29 is 14.3 Å². The summed E-state index contributed by atoms with van der Waals surface area (Å²) >= 11 is 0. The quantitative estimate of drug-likeness (QED) is 0.801. The molecule has 2 N–H and O–H groups in total. The Kier molecular flexibility index (Phi) is 4.96. The predicted octanol–water partition coefficient (Wildman–Crippen LogP) is 4.09. The van der Waals surface area contributed by atoms with Gasteiger partial charge in [-0.2, -0.15) is 0 Å². The van der Waals surface area contributed by atoms with E-state index in [9.17, 15) is 9.59 Å². The molecular weight excluding hydrogens is 340 g/mol. The summed E-state index contributed by atoms with van der Waals surface area (Å²) < 4.78 is 5.81. The zero-order chi connectivity index (χ0) is 19.8. The number of aryl methyl sites for hydroxylation is 1.